The lowest BCUT2D eigenvalue weighted by molar-refractivity contribution is 0.235. The Bertz CT molecular complexity index is 132. The van der Waals surface area contributed by atoms with Gasteiger partial charge >= 0.3 is 0 Å². The van der Waals surface area contributed by atoms with Crippen LogP contribution in [0.25, 0.3) is 0 Å². The second kappa shape index (κ2) is 4.99. The SMILES string of the molecule is CC(C)CNC1C[C@@H](C)C[C@@H](C)C1. The first-order valence-corrected chi connectivity index (χ1v) is 5.81. The highest BCUT2D eigenvalue weighted by atomic mass is 14.9. The maximum Gasteiger partial charge on any atom is 0.00722 e. The minimum absolute atomic E-state index is 0.785. The predicted molar refractivity (Wildman–Crippen MR) is 58.8 cm³/mol. The molecule has 1 rings (SSSR count). The first-order valence-electron chi connectivity index (χ1n) is 5.81. The van der Waals surface area contributed by atoms with Crippen molar-refractivity contribution in [2.24, 2.45) is 17.8 Å². The molecule has 1 aliphatic carbocycles. The van der Waals surface area contributed by atoms with Gasteiger partial charge in [-0.3, -0.25) is 0 Å². The summed E-state index contributed by atoms with van der Waals surface area (Å²) in [4.78, 5) is 0. The van der Waals surface area contributed by atoms with Gasteiger partial charge in [0.15, 0.2) is 0 Å². The van der Waals surface area contributed by atoms with E-state index in [2.05, 4.69) is 33.0 Å². The Kier molecular flexibility index (Phi) is 4.24. The quantitative estimate of drug-likeness (QED) is 0.709. The lowest BCUT2D eigenvalue weighted by Gasteiger charge is -2.32. The van der Waals surface area contributed by atoms with Gasteiger partial charge in [-0.05, 0) is 43.6 Å². The second-order valence-electron chi connectivity index (χ2n) is 5.42. The van der Waals surface area contributed by atoms with E-state index < -0.39 is 0 Å². The maximum absolute atomic E-state index is 3.68. The minimum atomic E-state index is 0.785. The molecule has 0 aliphatic heterocycles. The molecule has 0 aromatic carbocycles. The number of rotatable bonds is 3. The van der Waals surface area contributed by atoms with E-state index in [4.69, 9.17) is 0 Å². The van der Waals surface area contributed by atoms with Crippen LogP contribution in [0.15, 0.2) is 0 Å². The van der Waals surface area contributed by atoms with E-state index in [1.54, 1.807) is 0 Å². The lowest BCUT2D eigenvalue weighted by Crippen LogP contribution is -2.38. The summed E-state index contributed by atoms with van der Waals surface area (Å²) in [6.45, 7) is 10.5. The van der Waals surface area contributed by atoms with Crippen LogP contribution in [0, 0.1) is 17.8 Å². The zero-order valence-corrected chi connectivity index (χ0v) is 9.64. The van der Waals surface area contributed by atoms with Crippen molar-refractivity contribution in [2.75, 3.05) is 6.54 Å². The van der Waals surface area contributed by atoms with E-state index in [9.17, 15) is 0 Å². The highest BCUT2D eigenvalue weighted by molar-refractivity contribution is 4.79. The third-order valence-corrected chi connectivity index (χ3v) is 2.99. The monoisotopic (exact) mass is 183 g/mol. The minimum Gasteiger partial charge on any atom is -0.314 e. The summed E-state index contributed by atoms with van der Waals surface area (Å²) in [6.07, 6.45) is 4.20. The van der Waals surface area contributed by atoms with Gasteiger partial charge in [0, 0.05) is 6.04 Å². The van der Waals surface area contributed by atoms with Gasteiger partial charge < -0.3 is 5.32 Å². The molecule has 1 N–H and O–H groups in total. The van der Waals surface area contributed by atoms with E-state index in [1.165, 1.54) is 25.8 Å². The van der Waals surface area contributed by atoms with Crippen LogP contribution in [0.4, 0.5) is 0 Å². The Hall–Kier alpha value is -0.0400. The first-order chi connectivity index (χ1) is 6.08. The zero-order chi connectivity index (χ0) is 9.84. The molecule has 3 atom stereocenters. The van der Waals surface area contributed by atoms with Crippen LogP contribution in [-0.2, 0) is 0 Å². The number of hydrogen-bond donors (Lipinski definition) is 1. The average molecular weight is 183 g/mol. The Balaban J connectivity index is 2.25. The van der Waals surface area contributed by atoms with E-state index in [-0.39, 0.29) is 0 Å². The van der Waals surface area contributed by atoms with Crippen LogP contribution < -0.4 is 5.32 Å². The van der Waals surface area contributed by atoms with Gasteiger partial charge in [-0.25, -0.2) is 0 Å². The highest BCUT2D eigenvalue weighted by Crippen LogP contribution is 2.28. The molecule has 0 aromatic heterocycles. The molecule has 1 aliphatic rings. The Morgan fingerprint density at radius 2 is 1.62 bits per heavy atom. The molecule has 13 heavy (non-hydrogen) atoms. The third kappa shape index (κ3) is 4.12. The molecule has 0 radical (unpaired) electrons. The Morgan fingerprint density at radius 3 is 2.08 bits per heavy atom. The second-order valence-corrected chi connectivity index (χ2v) is 5.42. The molecule has 0 amide bonds. The van der Waals surface area contributed by atoms with Crippen molar-refractivity contribution in [3.05, 3.63) is 0 Å². The van der Waals surface area contributed by atoms with Crippen LogP contribution in [0.3, 0.4) is 0 Å². The summed E-state index contributed by atoms with van der Waals surface area (Å²) in [5, 5.41) is 3.68. The Labute approximate surface area is 83.3 Å². The Morgan fingerprint density at radius 1 is 1.08 bits per heavy atom. The lowest BCUT2D eigenvalue weighted by atomic mass is 9.80. The van der Waals surface area contributed by atoms with E-state index in [0.717, 1.165) is 23.8 Å². The molecule has 1 heteroatoms. The summed E-state index contributed by atoms with van der Waals surface area (Å²) in [5.41, 5.74) is 0. The van der Waals surface area contributed by atoms with Crippen LogP contribution in [0.5, 0.6) is 0 Å². The summed E-state index contributed by atoms with van der Waals surface area (Å²) in [5.74, 6) is 2.63. The smallest absolute Gasteiger partial charge is 0.00722 e. The standard InChI is InChI=1S/C12H25N/c1-9(2)8-13-12-6-10(3)5-11(4)7-12/h9-13H,5-8H2,1-4H3/t10-,11+,12?. The van der Waals surface area contributed by atoms with Gasteiger partial charge in [0.1, 0.15) is 0 Å². The predicted octanol–water partition coefficient (Wildman–Crippen LogP) is 3.06. The van der Waals surface area contributed by atoms with Crippen molar-refractivity contribution in [3.8, 4) is 0 Å². The van der Waals surface area contributed by atoms with Crippen molar-refractivity contribution in [3.63, 3.8) is 0 Å². The molecule has 0 aromatic rings. The largest absolute Gasteiger partial charge is 0.314 e. The maximum atomic E-state index is 3.68. The summed E-state index contributed by atoms with van der Waals surface area (Å²) in [6, 6.07) is 0.793. The van der Waals surface area contributed by atoms with Crippen LogP contribution in [-0.4, -0.2) is 12.6 Å². The summed E-state index contributed by atoms with van der Waals surface area (Å²) >= 11 is 0. The van der Waals surface area contributed by atoms with Crippen LogP contribution >= 0.6 is 0 Å². The number of hydrogen-bond acceptors (Lipinski definition) is 1. The summed E-state index contributed by atoms with van der Waals surface area (Å²) < 4.78 is 0. The summed E-state index contributed by atoms with van der Waals surface area (Å²) in [7, 11) is 0. The fourth-order valence-corrected chi connectivity index (χ4v) is 2.52. The van der Waals surface area contributed by atoms with Gasteiger partial charge in [-0.1, -0.05) is 27.7 Å². The number of nitrogens with one attached hydrogen (secondary N) is 1. The van der Waals surface area contributed by atoms with Crippen LogP contribution in [0.2, 0.25) is 0 Å². The average Bonchev–Trinajstić information content (AvgIpc) is 1.99. The highest BCUT2D eigenvalue weighted by Gasteiger charge is 2.23. The molecule has 1 nitrogen and oxygen atoms in total. The molecule has 1 fully saturated rings. The molecule has 0 saturated heterocycles. The van der Waals surface area contributed by atoms with Crippen molar-refractivity contribution >= 4 is 0 Å². The van der Waals surface area contributed by atoms with Gasteiger partial charge in [-0.2, -0.15) is 0 Å². The van der Waals surface area contributed by atoms with Crippen molar-refractivity contribution in [1.29, 1.82) is 0 Å². The van der Waals surface area contributed by atoms with Crippen molar-refractivity contribution in [1.82, 2.24) is 5.32 Å². The van der Waals surface area contributed by atoms with Crippen molar-refractivity contribution in [2.45, 2.75) is 53.0 Å². The normalized spacial score (nSPS) is 35.3. The van der Waals surface area contributed by atoms with E-state index >= 15 is 0 Å². The van der Waals surface area contributed by atoms with Crippen molar-refractivity contribution < 1.29 is 0 Å². The fourth-order valence-electron chi connectivity index (χ4n) is 2.52. The molecule has 0 spiro atoms. The van der Waals surface area contributed by atoms with Gasteiger partial charge in [0.05, 0.1) is 0 Å². The van der Waals surface area contributed by atoms with Crippen LogP contribution in [0.1, 0.15) is 47.0 Å². The molecule has 1 saturated carbocycles. The molecule has 0 heterocycles. The zero-order valence-electron chi connectivity index (χ0n) is 9.64. The molecular formula is C12H25N. The molecule has 78 valence electrons. The van der Waals surface area contributed by atoms with Gasteiger partial charge in [0.2, 0.25) is 0 Å². The topological polar surface area (TPSA) is 12.0 Å². The molecular weight excluding hydrogens is 158 g/mol. The van der Waals surface area contributed by atoms with Gasteiger partial charge in [-0.15, -0.1) is 0 Å². The van der Waals surface area contributed by atoms with E-state index in [0.29, 0.717) is 0 Å². The van der Waals surface area contributed by atoms with E-state index in [1.807, 2.05) is 0 Å². The van der Waals surface area contributed by atoms with Gasteiger partial charge in [0.25, 0.3) is 0 Å². The molecule has 1 unspecified atom stereocenters. The fraction of sp³-hybridized carbons (Fsp3) is 1.00. The molecule has 0 bridgehead atoms. The third-order valence-electron chi connectivity index (χ3n) is 2.99. The first kappa shape index (κ1) is 11.0.